The molecule has 0 aliphatic rings. The predicted molar refractivity (Wildman–Crippen MR) is 61.6 cm³/mol. The molecule has 102 valence electrons. The molecule has 18 heavy (non-hydrogen) atoms. The standard InChI is InChI=1S/C11H17NO6/c1-4-17-11(16)8(3)18-10(15)5-7(2)12-6-9(13)14/h5,8,12H,4,6H2,1-3H3,(H,13,14)/b7-5+. The third kappa shape index (κ3) is 7.26. The van der Waals surface area contributed by atoms with Crippen molar-refractivity contribution in [3.63, 3.8) is 0 Å². The van der Waals surface area contributed by atoms with Crippen LogP contribution in [0.25, 0.3) is 0 Å². The van der Waals surface area contributed by atoms with Gasteiger partial charge in [0.15, 0.2) is 6.10 Å². The van der Waals surface area contributed by atoms with Crippen molar-refractivity contribution in [3.05, 3.63) is 11.8 Å². The summed E-state index contributed by atoms with van der Waals surface area (Å²) in [5, 5.41) is 10.9. The second-order valence-electron chi connectivity index (χ2n) is 3.41. The Morgan fingerprint density at radius 2 is 2.00 bits per heavy atom. The van der Waals surface area contributed by atoms with Crippen LogP contribution in [0.5, 0.6) is 0 Å². The third-order valence-corrected chi connectivity index (χ3v) is 1.76. The molecule has 0 aliphatic heterocycles. The average Bonchev–Trinajstić information content (AvgIpc) is 2.26. The molecule has 0 aliphatic carbocycles. The monoisotopic (exact) mass is 259 g/mol. The first-order valence-corrected chi connectivity index (χ1v) is 5.38. The molecule has 0 saturated carbocycles. The van der Waals surface area contributed by atoms with E-state index in [1.807, 2.05) is 0 Å². The number of carboxylic acids is 1. The number of hydrogen-bond acceptors (Lipinski definition) is 6. The summed E-state index contributed by atoms with van der Waals surface area (Å²) in [7, 11) is 0. The van der Waals surface area contributed by atoms with Crippen molar-refractivity contribution in [2.45, 2.75) is 26.9 Å². The van der Waals surface area contributed by atoms with E-state index < -0.39 is 24.0 Å². The zero-order chi connectivity index (χ0) is 14.1. The normalized spacial score (nSPS) is 12.5. The lowest BCUT2D eigenvalue weighted by molar-refractivity contribution is -0.163. The zero-order valence-corrected chi connectivity index (χ0v) is 10.6. The maximum absolute atomic E-state index is 11.3. The molecule has 7 nitrogen and oxygen atoms in total. The van der Waals surface area contributed by atoms with E-state index in [-0.39, 0.29) is 13.2 Å². The Balaban J connectivity index is 4.20. The molecule has 0 amide bonds. The van der Waals surface area contributed by atoms with Gasteiger partial charge in [0.2, 0.25) is 0 Å². The first-order valence-electron chi connectivity index (χ1n) is 5.38. The number of aliphatic carboxylic acids is 1. The summed E-state index contributed by atoms with van der Waals surface area (Å²) < 4.78 is 9.42. The van der Waals surface area contributed by atoms with Crippen molar-refractivity contribution in [1.82, 2.24) is 5.32 Å². The van der Waals surface area contributed by atoms with Gasteiger partial charge in [0.25, 0.3) is 0 Å². The van der Waals surface area contributed by atoms with Gasteiger partial charge in [-0.15, -0.1) is 0 Å². The van der Waals surface area contributed by atoms with Crippen molar-refractivity contribution in [1.29, 1.82) is 0 Å². The molecule has 7 heteroatoms. The number of allylic oxidation sites excluding steroid dienone is 1. The van der Waals surface area contributed by atoms with Crippen LogP contribution in [0.15, 0.2) is 11.8 Å². The Morgan fingerprint density at radius 1 is 1.39 bits per heavy atom. The number of ether oxygens (including phenoxy) is 2. The number of carbonyl (C=O) groups is 3. The minimum atomic E-state index is -1.05. The molecule has 2 N–H and O–H groups in total. The van der Waals surface area contributed by atoms with E-state index in [0.717, 1.165) is 6.08 Å². The van der Waals surface area contributed by atoms with Crippen LogP contribution in [0.1, 0.15) is 20.8 Å². The molecule has 0 aromatic rings. The molecular weight excluding hydrogens is 242 g/mol. The van der Waals surface area contributed by atoms with Crippen molar-refractivity contribution in [3.8, 4) is 0 Å². The molecule has 0 rings (SSSR count). The van der Waals surface area contributed by atoms with Gasteiger partial charge in [0, 0.05) is 11.8 Å². The molecule has 1 atom stereocenters. The fraction of sp³-hybridized carbons (Fsp3) is 0.545. The lowest BCUT2D eigenvalue weighted by Gasteiger charge is -2.10. The minimum absolute atomic E-state index is 0.204. The van der Waals surface area contributed by atoms with Crippen LogP contribution in [0, 0.1) is 0 Å². The maximum Gasteiger partial charge on any atom is 0.347 e. The van der Waals surface area contributed by atoms with Crippen molar-refractivity contribution in [2.75, 3.05) is 13.2 Å². The predicted octanol–water partition coefficient (Wildman–Crippen LogP) is 0.0592. The van der Waals surface area contributed by atoms with Gasteiger partial charge < -0.3 is 19.9 Å². The first kappa shape index (κ1) is 16.0. The van der Waals surface area contributed by atoms with Crippen LogP contribution in [0.2, 0.25) is 0 Å². The molecule has 0 heterocycles. The number of nitrogens with one attached hydrogen (secondary N) is 1. The maximum atomic E-state index is 11.3. The molecule has 1 unspecified atom stereocenters. The molecule has 0 fully saturated rings. The third-order valence-electron chi connectivity index (χ3n) is 1.76. The Bertz CT molecular complexity index is 349. The van der Waals surface area contributed by atoms with E-state index in [1.165, 1.54) is 13.8 Å². The molecule has 0 radical (unpaired) electrons. The topological polar surface area (TPSA) is 102 Å². The molecular formula is C11H17NO6. The van der Waals surface area contributed by atoms with Crippen LogP contribution in [0.4, 0.5) is 0 Å². The van der Waals surface area contributed by atoms with E-state index in [9.17, 15) is 14.4 Å². The number of esters is 2. The number of rotatable bonds is 7. The summed E-state index contributed by atoms with van der Waals surface area (Å²) in [5.41, 5.74) is 0.332. The lowest BCUT2D eigenvalue weighted by Crippen LogP contribution is -2.26. The summed E-state index contributed by atoms with van der Waals surface area (Å²) in [4.78, 5) is 32.8. The van der Waals surface area contributed by atoms with Crippen LogP contribution >= 0.6 is 0 Å². The van der Waals surface area contributed by atoms with Gasteiger partial charge in [-0.2, -0.15) is 0 Å². The summed E-state index contributed by atoms with van der Waals surface area (Å²) in [6.07, 6.45) is 0.0690. The largest absolute Gasteiger partial charge is 0.480 e. The van der Waals surface area contributed by atoms with Crippen LogP contribution < -0.4 is 5.32 Å². The molecule has 0 saturated heterocycles. The molecule has 0 aromatic heterocycles. The molecule has 0 spiro atoms. The van der Waals surface area contributed by atoms with Gasteiger partial charge in [-0.3, -0.25) is 4.79 Å². The highest BCUT2D eigenvalue weighted by Gasteiger charge is 2.17. The molecule has 0 bridgehead atoms. The van der Waals surface area contributed by atoms with Gasteiger partial charge in [0.05, 0.1) is 6.61 Å². The van der Waals surface area contributed by atoms with E-state index in [2.05, 4.69) is 10.1 Å². The number of carbonyl (C=O) groups excluding carboxylic acids is 2. The average molecular weight is 259 g/mol. The van der Waals surface area contributed by atoms with Crippen LogP contribution in [-0.4, -0.2) is 42.3 Å². The van der Waals surface area contributed by atoms with Crippen molar-refractivity contribution < 1.29 is 29.0 Å². The SMILES string of the molecule is CCOC(=O)C(C)OC(=O)/C=C(\C)NCC(=O)O. The molecule has 0 aromatic carbocycles. The van der Waals surface area contributed by atoms with Gasteiger partial charge in [-0.25, -0.2) is 9.59 Å². The van der Waals surface area contributed by atoms with E-state index in [4.69, 9.17) is 9.84 Å². The second kappa shape index (κ2) is 8.10. The van der Waals surface area contributed by atoms with Crippen molar-refractivity contribution >= 4 is 17.9 Å². The summed E-state index contributed by atoms with van der Waals surface area (Å²) >= 11 is 0. The Morgan fingerprint density at radius 3 is 2.50 bits per heavy atom. The van der Waals surface area contributed by atoms with E-state index >= 15 is 0 Å². The van der Waals surface area contributed by atoms with E-state index in [1.54, 1.807) is 6.92 Å². The van der Waals surface area contributed by atoms with Crippen LogP contribution in [-0.2, 0) is 23.9 Å². The highest BCUT2D eigenvalue weighted by Crippen LogP contribution is 1.98. The fourth-order valence-electron chi connectivity index (χ4n) is 0.959. The Labute approximate surface area is 105 Å². The minimum Gasteiger partial charge on any atom is -0.480 e. The summed E-state index contributed by atoms with van der Waals surface area (Å²) in [5.74, 6) is -2.42. The summed E-state index contributed by atoms with van der Waals surface area (Å²) in [6.45, 7) is 4.45. The fourth-order valence-corrected chi connectivity index (χ4v) is 0.959. The number of hydrogen-bond donors (Lipinski definition) is 2. The van der Waals surface area contributed by atoms with Gasteiger partial charge in [-0.1, -0.05) is 0 Å². The Kier molecular flexibility index (Phi) is 7.18. The van der Waals surface area contributed by atoms with Gasteiger partial charge in [0.1, 0.15) is 6.54 Å². The Hall–Kier alpha value is -2.05. The van der Waals surface area contributed by atoms with Crippen molar-refractivity contribution in [2.24, 2.45) is 0 Å². The smallest absolute Gasteiger partial charge is 0.347 e. The zero-order valence-electron chi connectivity index (χ0n) is 10.6. The lowest BCUT2D eigenvalue weighted by atomic mass is 10.4. The quantitative estimate of drug-likeness (QED) is 0.492. The summed E-state index contributed by atoms with van der Waals surface area (Å²) in [6, 6.07) is 0. The highest BCUT2D eigenvalue weighted by atomic mass is 16.6. The van der Waals surface area contributed by atoms with Crippen LogP contribution in [0.3, 0.4) is 0 Å². The number of carboxylic acid groups (broad SMARTS) is 1. The first-order chi connectivity index (χ1) is 8.36. The van der Waals surface area contributed by atoms with Gasteiger partial charge >= 0.3 is 17.9 Å². The highest BCUT2D eigenvalue weighted by molar-refractivity contribution is 5.86. The van der Waals surface area contributed by atoms with E-state index in [0.29, 0.717) is 5.70 Å². The second-order valence-corrected chi connectivity index (χ2v) is 3.41. The van der Waals surface area contributed by atoms with Gasteiger partial charge in [-0.05, 0) is 20.8 Å².